The van der Waals surface area contributed by atoms with E-state index in [-0.39, 0.29) is 6.04 Å². The molecule has 2 aromatic rings. The van der Waals surface area contributed by atoms with Crippen LogP contribution in [0.4, 0.5) is 0 Å². The van der Waals surface area contributed by atoms with Gasteiger partial charge in [-0.15, -0.1) is 10.2 Å². The number of hydrogen-bond donors (Lipinski definition) is 0. The zero-order valence-electron chi connectivity index (χ0n) is 12.7. The molecule has 0 bridgehead atoms. The molecule has 2 aromatic heterocycles. The molecule has 0 aliphatic carbocycles. The molecule has 0 radical (unpaired) electrons. The Morgan fingerprint density at radius 2 is 1.96 bits per heavy atom. The fourth-order valence-corrected chi connectivity index (χ4v) is 5.08. The highest BCUT2D eigenvalue weighted by atomic mass is 32.2. The number of nitrogens with zero attached hydrogens (tertiary/aromatic N) is 5. The molecule has 124 valence electrons. The summed E-state index contributed by atoms with van der Waals surface area (Å²) in [6.07, 6.45) is 3.47. The highest BCUT2D eigenvalue weighted by molar-refractivity contribution is 7.86. The Balaban J connectivity index is 1.69. The smallest absolute Gasteiger partial charge is 0.282 e. The molecule has 2 fully saturated rings. The normalized spacial score (nSPS) is 24.4. The van der Waals surface area contributed by atoms with Crippen LogP contribution in [0.2, 0.25) is 0 Å². The van der Waals surface area contributed by atoms with Crippen LogP contribution in [0, 0.1) is 0 Å². The van der Waals surface area contributed by atoms with Crippen LogP contribution in [0.1, 0.15) is 24.7 Å². The molecule has 0 saturated carbocycles. The Bertz CT molecular complexity index is 800. The maximum absolute atomic E-state index is 13.0. The first-order chi connectivity index (χ1) is 11.2. The highest BCUT2D eigenvalue weighted by Gasteiger charge is 2.41. The Labute approximate surface area is 134 Å². The van der Waals surface area contributed by atoms with E-state index in [1.165, 1.54) is 4.31 Å². The number of ether oxygens (including phenoxy) is 1. The Kier molecular flexibility index (Phi) is 3.80. The molecular weight excluding hydrogens is 318 g/mol. The number of hydrogen-bond acceptors (Lipinski definition) is 5. The van der Waals surface area contributed by atoms with E-state index in [1.807, 2.05) is 28.8 Å². The summed E-state index contributed by atoms with van der Waals surface area (Å²) in [5, 5.41) is 8.40. The number of pyridine rings is 1. The van der Waals surface area contributed by atoms with E-state index in [0.717, 1.165) is 18.5 Å². The predicted octanol–water partition coefficient (Wildman–Crippen LogP) is 0.443. The van der Waals surface area contributed by atoms with Gasteiger partial charge in [-0.25, -0.2) is 0 Å². The lowest BCUT2D eigenvalue weighted by Crippen LogP contribution is -2.48. The molecule has 9 heteroatoms. The van der Waals surface area contributed by atoms with Crippen LogP contribution < -0.4 is 0 Å². The van der Waals surface area contributed by atoms with Gasteiger partial charge in [-0.2, -0.15) is 17.0 Å². The van der Waals surface area contributed by atoms with E-state index in [9.17, 15) is 8.42 Å². The van der Waals surface area contributed by atoms with Crippen LogP contribution >= 0.6 is 0 Å². The third kappa shape index (κ3) is 2.53. The Hall–Kier alpha value is -1.55. The van der Waals surface area contributed by atoms with Crippen molar-refractivity contribution in [3.63, 3.8) is 0 Å². The Morgan fingerprint density at radius 3 is 2.78 bits per heavy atom. The molecule has 0 amide bonds. The average Bonchev–Trinajstić information content (AvgIpc) is 3.22. The molecule has 2 aliphatic rings. The maximum Gasteiger partial charge on any atom is 0.282 e. The van der Waals surface area contributed by atoms with Crippen LogP contribution in [0.5, 0.6) is 0 Å². The summed E-state index contributed by atoms with van der Waals surface area (Å²) in [4.78, 5) is 0. The first-order valence-corrected chi connectivity index (χ1v) is 9.22. The highest BCUT2D eigenvalue weighted by Crippen LogP contribution is 2.34. The van der Waals surface area contributed by atoms with Gasteiger partial charge in [-0.05, 0) is 25.0 Å². The molecule has 8 nitrogen and oxygen atoms in total. The second kappa shape index (κ2) is 5.82. The summed E-state index contributed by atoms with van der Waals surface area (Å²) in [6.45, 7) is 2.24. The fraction of sp³-hybridized carbons (Fsp3) is 0.571. The SMILES string of the molecule is O=S(=O)(N1CCOCC1)N1CCC[C@@H]1c1nnc2ccccn12. The van der Waals surface area contributed by atoms with Crippen LogP contribution in [0.3, 0.4) is 0 Å². The molecular formula is C14H19N5O3S. The van der Waals surface area contributed by atoms with Crippen molar-refractivity contribution in [3.8, 4) is 0 Å². The molecule has 0 unspecified atom stereocenters. The number of fused-ring (bicyclic) bond motifs is 1. The van der Waals surface area contributed by atoms with Crippen LogP contribution in [-0.2, 0) is 14.9 Å². The van der Waals surface area contributed by atoms with Gasteiger partial charge in [0, 0.05) is 25.8 Å². The largest absolute Gasteiger partial charge is 0.379 e. The lowest BCUT2D eigenvalue weighted by Gasteiger charge is -2.32. The van der Waals surface area contributed by atoms with Gasteiger partial charge in [-0.1, -0.05) is 6.07 Å². The van der Waals surface area contributed by atoms with Gasteiger partial charge < -0.3 is 4.74 Å². The average molecular weight is 337 g/mol. The quantitative estimate of drug-likeness (QED) is 0.812. The summed E-state index contributed by atoms with van der Waals surface area (Å²) in [5.74, 6) is 0.690. The van der Waals surface area contributed by atoms with Crippen molar-refractivity contribution < 1.29 is 13.2 Å². The second-order valence-electron chi connectivity index (χ2n) is 5.77. The van der Waals surface area contributed by atoms with Crippen LogP contribution in [-0.4, -0.2) is 64.5 Å². The summed E-state index contributed by atoms with van der Waals surface area (Å²) in [6, 6.07) is 5.40. The molecule has 4 heterocycles. The van der Waals surface area contributed by atoms with Crippen LogP contribution in [0.15, 0.2) is 24.4 Å². The van der Waals surface area contributed by atoms with Gasteiger partial charge in [0.25, 0.3) is 10.2 Å². The molecule has 1 atom stereocenters. The molecule has 23 heavy (non-hydrogen) atoms. The second-order valence-corrected chi connectivity index (χ2v) is 7.66. The van der Waals surface area contributed by atoms with E-state index < -0.39 is 10.2 Å². The van der Waals surface area contributed by atoms with Crippen molar-refractivity contribution in [2.45, 2.75) is 18.9 Å². The van der Waals surface area contributed by atoms with E-state index >= 15 is 0 Å². The Morgan fingerprint density at radius 1 is 1.13 bits per heavy atom. The van der Waals surface area contributed by atoms with Gasteiger partial charge >= 0.3 is 0 Å². The first-order valence-electron chi connectivity index (χ1n) is 7.82. The first kappa shape index (κ1) is 15.0. The minimum atomic E-state index is -3.50. The van der Waals surface area contributed by atoms with E-state index in [1.54, 1.807) is 4.31 Å². The lowest BCUT2D eigenvalue weighted by atomic mass is 10.2. The summed E-state index contributed by atoms with van der Waals surface area (Å²) >= 11 is 0. The van der Waals surface area contributed by atoms with Crippen LogP contribution in [0.25, 0.3) is 5.65 Å². The zero-order valence-corrected chi connectivity index (χ0v) is 13.5. The minimum absolute atomic E-state index is 0.264. The van der Waals surface area contributed by atoms with E-state index in [2.05, 4.69) is 10.2 Å². The molecule has 2 aliphatic heterocycles. The van der Waals surface area contributed by atoms with Gasteiger partial charge in [0.15, 0.2) is 11.5 Å². The topological polar surface area (TPSA) is 80.0 Å². The van der Waals surface area contributed by atoms with Crippen molar-refractivity contribution in [3.05, 3.63) is 30.2 Å². The molecule has 2 saturated heterocycles. The van der Waals surface area contributed by atoms with Gasteiger partial charge in [0.1, 0.15) is 0 Å². The molecule has 4 rings (SSSR count). The number of morpholine rings is 1. The fourth-order valence-electron chi connectivity index (χ4n) is 3.29. The number of aromatic nitrogens is 3. The minimum Gasteiger partial charge on any atom is -0.379 e. The van der Waals surface area contributed by atoms with Crippen molar-refractivity contribution >= 4 is 15.9 Å². The van der Waals surface area contributed by atoms with Gasteiger partial charge in [-0.3, -0.25) is 4.40 Å². The monoisotopic (exact) mass is 337 g/mol. The lowest BCUT2D eigenvalue weighted by molar-refractivity contribution is 0.0698. The molecule has 0 aromatic carbocycles. The van der Waals surface area contributed by atoms with Crippen molar-refractivity contribution in [2.75, 3.05) is 32.8 Å². The molecule has 0 spiro atoms. The summed E-state index contributed by atoms with van der Waals surface area (Å²) < 4.78 is 36.2. The summed E-state index contributed by atoms with van der Waals surface area (Å²) in [5.41, 5.74) is 0.734. The molecule has 0 N–H and O–H groups in total. The van der Waals surface area contributed by atoms with Crippen molar-refractivity contribution in [2.24, 2.45) is 0 Å². The predicted molar refractivity (Wildman–Crippen MR) is 83.0 cm³/mol. The van der Waals surface area contributed by atoms with Gasteiger partial charge in [0.2, 0.25) is 0 Å². The third-order valence-corrected chi connectivity index (χ3v) is 6.48. The van der Waals surface area contributed by atoms with Crippen molar-refractivity contribution in [1.82, 2.24) is 23.2 Å². The van der Waals surface area contributed by atoms with E-state index in [4.69, 9.17) is 4.74 Å². The standard InChI is InChI=1S/C14H19N5O3S/c20-23(21,17-8-10-22-11-9-17)19-7-3-4-12(19)14-16-15-13-5-1-2-6-18(13)14/h1-2,5-6,12H,3-4,7-11H2/t12-/m1/s1. The zero-order chi connectivity index (χ0) is 15.9. The van der Waals surface area contributed by atoms with E-state index in [0.29, 0.717) is 38.7 Å². The maximum atomic E-state index is 13.0. The third-order valence-electron chi connectivity index (χ3n) is 4.43. The van der Waals surface area contributed by atoms with Gasteiger partial charge in [0.05, 0.1) is 19.3 Å². The summed E-state index contributed by atoms with van der Waals surface area (Å²) in [7, 11) is -3.50. The number of rotatable bonds is 3. The van der Waals surface area contributed by atoms with Crippen molar-refractivity contribution in [1.29, 1.82) is 0 Å².